The number of rotatable bonds is 5. The van der Waals surface area contributed by atoms with Crippen LogP contribution in [0.4, 0.5) is 0 Å². The second-order valence-corrected chi connectivity index (χ2v) is 10.5. The van der Waals surface area contributed by atoms with E-state index in [9.17, 15) is 4.79 Å². The number of nitrogens with one attached hydrogen (secondary N) is 1. The van der Waals surface area contributed by atoms with E-state index in [2.05, 4.69) is 34.1 Å². The fourth-order valence-corrected chi connectivity index (χ4v) is 6.02. The van der Waals surface area contributed by atoms with Crippen molar-refractivity contribution in [1.29, 1.82) is 5.41 Å². The van der Waals surface area contributed by atoms with Gasteiger partial charge in [-0.3, -0.25) is 14.7 Å². The molecule has 36 heavy (non-hydrogen) atoms. The first kappa shape index (κ1) is 23.2. The summed E-state index contributed by atoms with van der Waals surface area (Å²) in [5.41, 5.74) is 6.28. The van der Waals surface area contributed by atoms with Crippen molar-refractivity contribution in [3.05, 3.63) is 65.7 Å². The lowest BCUT2D eigenvalue weighted by Crippen LogP contribution is -2.45. The predicted molar refractivity (Wildman–Crippen MR) is 141 cm³/mol. The Morgan fingerprint density at radius 2 is 1.69 bits per heavy atom. The number of nitrogens with zero attached hydrogens (tertiary/aromatic N) is 3. The fourth-order valence-electron chi connectivity index (χ4n) is 6.02. The minimum atomic E-state index is 0.275. The highest BCUT2D eigenvalue weighted by Gasteiger charge is 2.29. The van der Waals surface area contributed by atoms with Gasteiger partial charge in [-0.2, -0.15) is 0 Å². The number of furan rings is 1. The highest BCUT2D eigenvalue weighted by molar-refractivity contribution is 6.03. The molecular weight excluding hydrogens is 448 g/mol. The molecule has 2 aromatic heterocycles. The van der Waals surface area contributed by atoms with Gasteiger partial charge in [-0.15, -0.1) is 0 Å². The molecule has 0 unspecified atom stereocenters. The van der Waals surface area contributed by atoms with Crippen LogP contribution in [0, 0.1) is 5.41 Å². The van der Waals surface area contributed by atoms with E-state index in [1.165, 1.54) is 24.8 Å². The van der Waals surface area contributed by atoms with Crippen LogP contribution in [0.25, 0.3) is 22.5 Å². The van der Waals surface area contributed by atoms with Gasteiger partial charge in [0.15, 0.2) is 0 Å². The van der Waals surface area contributed by atoms with Crippen molar-refractivity contribution in [3.8, 4) is 22.5 Å². The molecule has 2 aliphatic heterocycles. The molecule has 1 N–H and O–H groups in total. The van der Waals surface area contributed by atoms with Crippen molar-refractivity contribution in [3.63, 3.8) is 0 Å². The van der Waals surface area contributed by atoms with E-state index >= 15 is 0 Å². The van der Waals surface area contributed by atoms with Crippen LogP contribution in [0.3, 0.4) is 0 Å². The Labute approximate surface area is 212 Å². The Bertz CT molecular complexity index is 1250. The molecule has 0 saturated carbocycles. The molecule has 2 fully saturated rings. The number of piperidine rings is 2. The Hall–Kier alpha value is -3.25. The van der Waals surface area contributed by atoms with E-state index in [-0.39, 0.29) is 5.91 Å². The zero-order chi connectivity index (χ0) is 24.5. The molecule has 0 spiro atoms. The van der Waals surface area contributed by atoms with Gasteiger partial charge in [0.2, 0.25) is 5.91 Å². The maximum atomic E-state index is 12.9. The summed E-state index contributed by atoms with van der Waals surface area (Å²) in [6, 6.07) is 12.6. The third-order valence-electron chi connectivity index (χ3n) is 8.14. The molecule has 6 heteroatoms. The largest absolute Gasteiger partial charge is 0.460 e. The normalized spacial score (nSPS) is 19.0. The van der Waals surface area contributed by atoms with E-state index < -0.39 is 0 Å². The van der Waals surface area contributed by atoms with Crippen molar-refractivity contribution in [2.75, 3.05) is 32.7 Å². The molecule has 0 atom stereocenters. The van der Waals surface area contributed by atoms with Gasteiger partial charge in [-0.1, -0.05) is 18.6 Å². The van der Waals surface area contributed by atoms with E-state index in [0.29, 0.717) is 12.5 Å². The lowest BCUT2D eigenvalue weighted by molar-refractivity contribution is -0.133. The summed E-state index contributed by atoms with van der Waals surface area (Å²) in [7, 11) is 0. The van der Waals surface area contributed by atoms with Crippen LogP contribution in [0.1, 0.15) is 61.3 Å². The second kappa shape index (κ2) is 10.0. The summed E-state index contributed by atoms with van der Waals surface area (Å²) in [6.45, 7) is 4.26. The molecule has 1 amide bonds. The minimum absolute atomic E-state index is 0.275. The quantitative estimate of drug-likeness (QED) is 0.520. The number of aromatic nitrogens is 1. The Morgan fingerprint density at radius 1 is 0.917 bits per heavy atom. The average molecular weight is 483 g/mol. The molecule has 1 aromatic carbocycles. The van der Waals surface area contributed by atoms with E-state index in [0.717, 1.165) is 91.3 Å². The van der Waals surface area contributed by atoms with Crippen LogP contribution in [-0.2, 0) is 11.2 Å². The molecule has 4 heterocycles. The van der Waals surface area contributed by atoms with Crippen molar-refractivity contribution in [1.82, 2.24) is 14.8 Å². The minimum Gasteiger partial charge on any atom is -0.460 e. The highest BCUT2D eigenvalue weighted by Crippen LogP contribution is 2.41. The van der Waals surface area contributed by atoms with Crippen LogP contribution in [0.5, 0.6) is 0 Å². The molecule has 3 aromatic rings. The summed E-state index contributed by atoms with van der Waals surface area (Å²) in [6.07, 6.45) is 10.9. The van der Waals surface area contributed by atoms with Gasteiger partial charge in [0.25, 0.3) is 0 Å². The van der Waals surface area contributed by atoms with Crippen LogP contribution in [-0.4, -0.2) is 59.1 Å². The molecule has 0 bridgehead atoms. The van der Waals surface area contributed by atoms with Crippen molar-refractivity contribution in [2.45, 2.75) is 50.9 Å². The van der Waals surface area contributed by atoms with E-state index in [1.54, 1.807) is 0 Å². The molecule has 1 aliphatic carbocycles. The van der Waals surface area contributed by atoms with Gasteiger partial charge in [0.05, 0.1) is 6.54 Å². The Kier molecular flexibility index (Phi) is 6.45. The van der Waals surface area contributed by atoms with Crippen molar-refractivity contribution < 1.29 is 9.21 Å². The number of carbonyl (C=O) groups excluding carboxylic acids is 1. The highest BCUT2D eigenvalue weighted by atomic mass is 16.3. The third kappa shape index (κ3) is 4.62. The standard InChI is InChI=1S/C30H34N4O2/c31-27-7-5-23-18-24(4-6-25(23)27)30-26(21-8-12-32-13-9-21)19-28(36-30)22-10-16-34(17-11-22)29(35)20-33-14-2-1-3-15-33/h4,6,8-9,12-13,18-19,22,31H,1-3,5,7,10-11,14-17,20H2. The topological polar surface area (TPSA) is 73.4 Å². The van der Waals surface area contributed by atoms with Gasteiger partial charge in [0.1, 0.15) is 11.5 Å². The first-order valence-electron chi connectivity index (χ1n) is 13.4. The van der Waals surface area contributed by atoms with Crippen molar-refractivity contribution >= 4 is 11.6 Å². The molecule has 6 rings (SSSR count). The lowest BCUT2D eigenvalue weighted by Gasteiger charge is -2.34. The number of fused-ring (bicyclic) bond motifs is 1. The number of hydrogen-bond donors (Lipinski definition) is 1. The zero-order valence-corrected chi connectivity index (χ0v) is 20.8. The summed E-state index contributed by atoms with van der Waals surface area (Å²) in [5.74, 6) is 2.48. The Morgan fingerprint density at radius 3 is 2.47 bits per heavy atom. The molecule has 3 aliphatic rings. The number of benzene rings is 1. The van der Waals surface area contributed by atoms with Crippen LogP contribution >= 0.6 is 0 Å². The lowest BCUT2D eigenvalue weighted by atomic mass is 9.93. The van der Waals surface area contributed by atoms with E-state index in [1.807, 2.05) is 29.4 Å². The van der Waals surface area contributed by atoms with Crippen LogP contribution in [0.2, 0.25) is 0 Å². The summed E-state index contributed by atoms with van der Waals surface area (Å²) in [4.78, 5) is 21.5. The molecule has 6 nitrogen and oxygen atoms in total. The van der Waals surface area contributed by atoms with Gasteiger partial charge < -0.3 is 14.7 Å². The smallest absolute Gasteiger partial charge is 0.236 e. The molecular formula is C30H34N4O2. The van der Waals surface area contributed by atoms with Gasteiger partial charge in [-0.25, -0.2) is 0 Å². The maximum absolute atomic E-state index is 12.9. The zero-order valence-electron chi connectivity index (χ0n) is 20.8. The molecule has 0 radical (unpaired) electrons. The van der Waals surface area contributed by atoms with Gasteiger partial charge >= 0.3 is 0 Å². The van der Waals surface area contributed by atoms with Gasteiger partial charge in [0, 0.05) is 48.2 Å². The summed E-state index contributed by atoms with van der Waals surface area (Å²) in [5, 5.41) is 8.18. The number of pyridine rings is 1. The summed E-state index contributed by atoms with van der Waals surface area (Å²) >= 11 is 0. The van der Waals surface area contributed by atoms with Crippen LogP contribution < -0.4 is 0 Å². The molecule has 186 valence electrons. The predicted octanol–water partition coefficient (Wildman–Crippen LogP) is 5.51. The SMILES string of the molecule is N=C1CCc2cc(-c3oc(C4CCN(C(=O)CN5CCCCC5)CC4)cc3-c3ccncc3)ccc21. The number of hydrogen-bond acceptors (Lipinski definition) is 5. The first-order chi connectivity index (χ1) is 17.7. The number of carbonyl (C=O) groups is 1. The molecule has 2 saturated heterocycles. The number of amides is 1. The maximum Gasteiger partial charge on any atom is 0.236 e. The second-order valence-electron chi connectivity index (χ2n) is 10.5. The number of aryl methyl sites for hydroxylation is 1. The van der Waals surface area contributed by atoms with Gasteiger partial charge in [-0.05, 0) is 92.6 Å². The Balaban J connectivity index is 1.22. The fraction of sp³-hybridized carbons (Fsp3) is 0.433. The monoisotopic (exact) mass is 482 g/mol. The third-order valence-corrected chi connectivity index (χ3v) is 8.14. The first-order valence-corrected chi connectivity index (χ1v) is 13.4. The van der Waals surface area contributed by atoms with E-state index in [4.69, 9.17) is 9.83 Å². The van der Waals surface area contributed by atoms with Crippen molar-refractivity contribution in [2.24, 2.45) is 0 Å². The number of likely N-dealkylation sites (tertiary alicyclic amines) is 2. The average Bonchev–Trinajstić information content (AvgIpc) is 3.54. The van der Waals surface area contributed by atoms with Crippen LogP contribution in [0.15, 0.2) is 53.2 Å². The summed E-state index contributed by atoms with van der Waals surface area (Å²) < 4.78 is 6.61.